The topological polar surface area (TPSA) is 30.9 Å². The van der Waals surface area contributed by atoms with Gasteiger partial charge in [-0.3, -0.25) is 0 Å². The second kappa shape index (κ2) is 6.88. The monoisotopic (exact) mass is 251 g/mol. The first-order valence-electron chi connectivity index (χ1n) is 5.33. The molecule has 1 heterocycles. The van der Waals surface area contributed by atoms with Crippen molar-refractivity contribution in [1.82, 2.24) is 4.90 Å². The predicted octanol–water partition coefficient (Wildman–Crippen LogP) is 0.843. The molecule has 0 bridgehead atoms. The molecule has 0 amide bonds. The van der Waals surface area contributed by atoms with Crippen molar-refractivity contribution in [2.45, 2.75) is 6.92 Å². The number of nitrogens with zero attached hydrogens (tertiary/aromatic N) is 1. The Labute approximate surface area is 97.6 Å². The highest BCUT2D eigenvalue weighted by Gasteiger charge is 2.42. The Morgan fingerprint density at radius 2 is 1.87 bits per heavy atom. The number of rotatable bonds is 4. The fraction of sp³-hybridized carbons (Fsp3) is 1.00. The van der Waals surface area contributed by atoms with Crippen LogP contribution in [0.2, 0.25) is 0 Å². The van der Waals surface area contributed by atoms with E-state index in [1.165, 1.54) is 0 Å². The average molecular weight is 251 g/mol. The van der Waals surface area contributed by atoms with Crippen molar-refractivity contribution in [2.24, 2.45) is 0 Å². The van der Waals surface area contributed by atoms with Crippen LogP contribution in [0.15, 0.2) is 0 Å². The Morgan fingerprint density at radius 1 is 1.27 bits per heavy atom. The predicted molar refractivity (Wildman–Crippen MR) is 65.2 cm³/mol. The van der Waals surface area contributed by atoms with Gasteiger partial charge in [0, 0.05) is 31.3 Å². The van der Waals surface area contributed by atoms with Crippen molar-refractivity contribution >= 4 is 20.6 Å². The quantitative estimate of drug-likeness (QED) is 0.691. The van der Waals surface area contributed by atoms with Crippen LogP contribution in [0.5, 0.6) is 0 Å². The Hall–Kier alpha value is 0.407. The molecule has 0 radical (unpaired) electrons. The molecule has 0 aliphatic carbocycles. The molecule has 15 heavy (non-hydrogen) atoms. The summed E-state index contributed by atoms with van der Waals surface area (Å²) in [6, 6.07) is 0. The Morgan fingerprint density at radius 3 is 2.33 bits per heavy atom. The lowest BCUT2D eigenvalue weighted by molar-refractivity contribution is 0.0617. The largest absolute Gasteiger partial charge is 0.515 e. The van der Waals surface area contributed by atoms with Crippen molar-refractivity contribution < 1.29 is 13.3 Å². The molecule has 1 aliphatic heterocycles. The Kier molecular flexibility index (Phi) is 6.18. The van der Waals surface area contributed by atoms with E-state index in [-0.39, 0.29) is 0 Å². The minimum absolute atomic E-state index is 0.660. The maximum Gasteiger partial charge on any atom is 0.515 e. The highest BCUT2D eigenvalue weighted by Crippen LogP contribution is 2.15. The molecule has 1 saturated heterocycles. The summed E-state index contributed by atoms with van der Waals surface area (Å²) < 4.78 is 17.5. The standard InChI is InChI=1S/C9H21NO3SSi/c1-4-11-15(9-10(2)3)12-5-7-14-8-6-13-15/h4-9H2,1-3H3. The van der Waals surface area contributed by atoms with Gasteiger partial charge in [-0.2, -0.15) is 11.8 Å². The summed E-state index contributed by atoms with van der Waals surface area (Å²) in [7, 11) is 1.63. The smallest absolute Gasteiger partial charge is 0.373 e. The third-order valence-corrected chi connectivity index (χ3v) is 5.92. The molecule has 0 aromatic rings. The lowest BCUT2D eigenvalue weighted by Gasteiger charge is -2.32. The SMILES string of the molecule is CCO[Si]1(CN(C)C)OCCSCCO1. The van der Waals surface area contributed by atoms with Crippen LogP contribution in [0, 0.1) is 0 Å². The molecule has 1 fully saturated rings. The minimum atomic E-state index is -2.42. The summed E-state index contributed by atoms with van der Waals surface area (Å²) in [5.74, 6) is 2.08. The van der Waals surface area contributed by atoms with Crippen LogP contribution in [0.4, 0.5) is 0 Å². The van der Waals surface area contributed by atoms with E-state index in [9.17, 15) is 0 Å². The van der Waals surface area contributed by atoms with E-state index < -0.39 is 8.80 Å². The van der Waals surface area contributed by atoms with Crippen LogP contribution in [0.1, 0.15) is 6.92 Å². The zero-order valence-electron chi connectivity index (χ0n) is 9.82. The first-order valence-corrected chi connectivity index (χ1v) is 8.41. The van der Waals surface area contributed by atoms with Crippen molar-refractivity contribution in [3.05, 3.63) is 0 Å². The van der Waals surface area contributed by atoms with E-state index in [2.05, 4.69) is 4.90 Å². The maximum atomic E-state index is 5.85. The first kappa shape index (κ1) is 13.5. The van der Waals surface area contributed by atoms with E-state index in [4.69, 9.17) is 13.3 Å². The number of hydrogen-bond acceptors (Lipinski definition) is 5. The molecule has 0 saturated carbocycles. The van der Waals surface area contributed by atoms with E-state index in [0.29, 0.717) is 6.61 Å². The molecule has 1 rings (SSSR count). The highest BCUT2D eigenvalue weighted by molar-refractivity contribution is 7.99. The number of hydrogen-bond donors (Lipinski definition) is 0. The summed E-state index contributed by atoms with van der Waals surface area (Å²) in [5, 5.41) is 0. The lowest BCUT2D eigenvalue weighted by atomic mass is 10.9. The van der Waals surface area contributed by atoms with Gasteiger partial charge in [-0.05, 0) is 21.0 Å². The molecule has 0 aromatic heterocycles. The normalized spacial score (nSPS) is 22.4. The zero-order chi connectivity index (χ0) is 11.1. The molecule has 90 valence electrons. The molecule has 0 atom stereocenters. The molecule has 6 heteroatoms. The van der Waals surface area contributed by atoms with E-state index in [0.717, 1.165) is 30.9 Å². The summed E-state index contributed by atoms with van der Waals surface area (Å²) >= 11 is 1.87. The van der Waals surface area contributed by atoms with Crippen LogP contribution in [-0.4, -0.2) is 65.3 Å². The van der Waals surface area contributed by atoms with E-state index in [1.54, 1.807) is 0 Å². The van der Waals surface area contributed by atoms with Gasteiger partial charge in [0.15, 0.2) is 0 Å². The molecule has 1 aliphatic rings. The molecule has 0 unspecified atom stereocenters. The molecule has 0 N–H and O–H groups in total. The van der Waals surface area contributed by atoms with Gasteiger partial charge in [-0.1, -0.05) is 0 Å². The van der Waals surface area contributed by atoms with Gasteiger partial charge in [-0.15, -0.1) is 0 Å². The van der Waals surface area contributed by atoms with E-state index in [1.807, 2.05) is 32.8 Å². The average Bonchev–Trinajstić information content (AvgIpc) is 2.11. The molecular formula is C9H21NO3SSi. The van der Waals surface area contributed by atoms with Crippen molar-refractivity contribution in [1.29, 1.82) is 0 Å². The van der Waals surface area contributed by atoms with Crippen LogP contribution >= 0.6 is 11.8 Å². The first-order chi connectivity index (χ1) is 7.18. The van der Waals surface area contributed by atoms with Gasteiger partial charge in [0.25, 0.3) is 0 Å². The third kappa shape index (κ3) is 4.84. The minimum Gasteiger partial charge on any atom is -0.373 e. The molecule has 0 aromatic carbocycles. The highest BCUT2D eigenvalue weighted by atomic mass is 32.2. The van der Waals surface area contributed by atoms with Crippen molar-refractivity contribution in [2.75, 3.05) is 51.6 Å². The second-order valence-corrected chi connectivity index (χ2v) is 7.44. The fourth-order valence-corrected chi connectivity index (χ4v) is 4.95. The molecular weight excluding hydrogens is 230 g/mol. The summed E-state index contributed by atoms with van der Waals surface area (Å²) in [5.41, 5.74) is 0. The Bertz CT molecular complexity index is 175. The lowest BCUT2D eigenvalue weighted by Crippen LogP contribution is -2.55. The summed E-state index contributed by atoms with van der Waals surface area (Å²) in [6.07, 6.45) is 0.769. The van der Waals surface area contributed by atoms with Gasteiger partial charge in [0.05, 0.1) is 6.17 Å². The van der Waals surface area contributed by atoms with Crippen LogP contribution in [-0.2, 0) is 13.3 Å². The summed E-state index contributed by atoms with van der Waals surface area (Å²) in [4.78, 5) is 2.08. The van der Waals surface area contributed by atoms with Crippen LogP contribution in [0.25, 0.3) is 0 Å². The number of thioether (sulfide) groups is 1. The van der Waals surface area contributed by atoms with Gasteiger partial charge in [0.2, 0.25) is 0 Å². The zero-order valence-corrected chi connectivity index (χ0v) is 11.6. The Balaban J connectivity index is 2.57. The third-order valence-electron chi connectivity index (χ3n) is 1.97. The van der Waals surface area contributed by atoms with Gasteiger partial charge in [-0.25, -0.2) is 0 Å². The van der Waals surface area contributed by atoms with Gasteiger partial charge < -0.3 is 18.2 Å². The maximum absolute atomic E-state index is 5.85. The van der Waals surface area contributed by atoms with E-state index >= 15 is 0 Å². The van der Waals surface area contributed by atoms with Gasteiger partial charge >= 0.3 is 8.80 Å². The second-order valence-electron chi connectivity index (χ2n) is 3.66. The fourth-order valence-electron chi connectivity index (χ4n) is 1.48. The van der Waals surface area contributed by atoms with Crippen LogP contribution in [0.3, 0.4) is 0 Å². The van der Waals surface area contributed by atoms with Crippen molar-refractivity contribution in [3.63, 3.8) is 0 Å². The van der Waals surface area contributed by atoms with Crippen molar-refractivity contribution in [3.8, 4) is 0 Å². The summed E-state index contributed by atoms with van der Waals surface area (Å²) in [6.45, 7) is 4.13. The van der Waals surface area contributed by atoms with Crippen LogP contribution < -0.4 is 0 Å². The van der Waals surface area contributed by atoms with Gasteiger partial charge in [0.1, 0.15) is 0 Å². The molecule has 4 nitrogen and oxygen atoms in total. The molecule has 0 spiro atoms.